The average molecular weight is 247 g/mol. The van der Waals surface area contributed by atoms with E-state index in [0.717, 1.165) is 32.1 Å². The molecule has 0 spiro atoms. The molecule has 0 unspecified atom stereocenters. The monoisotopic (exact) mass is 247 g/mol. The molecule has 4 nitrogen and oxygen atoms in total. The van der Waals surface area contributed by atoms with Gasteiger partial charge in [0.15, 0.2) is 0 Å². The number of amides is 1. The van der Waals surface area contributed by atoms with Crippen molar-refractivity contribution < 1.29 is 14.3 Å². The molecule has 0 aromatic rings. The van der Waals surface area contributed by atoms with Crippen LogP contribution in [0.15, 0.2) is 0 Å². The molecule has 0 aromatic carbocycles. The molecule has 1 N–H and O–H groups in total. The van der Waals surface area contributed by atoms with Gasteiger partial charge >= 0.3 is 6.09 Å². The van der Waals surface area contributed by atoms with E-state index in [1.807, 2.05) is 6.92 Å². The van der Waals surface area contributed by atoms with E-state index < -0.39 is 6.09 Å². The van der Waals surface area contributed by atoms with Gasteiger partial charge in [-0.1, -0.05) is 33.1 Å². The third kappa shape index (κ3) is 9.71. The number of hydrogen-bond donors (Lipinski definition) is 1. The van der Waals surface area contributed by atoms with Crippen molar-refractivity contribution in [1.29, 1.82) is 0 Å². The molecule has 0 aliphatic carbocycles. The van der Waals surface area contributed by atoms with E-state index in [2.05, 4.69) is 12.2 Å². The van der Waals surface area contributed by atoms with Crippen LogP contribution < -0.4 is 5.32 Å². The highest BCUT2D eigenvalue weighted by Crippen LogP contribution is 1.95. The maximum atomic E-state index is 11.1. The number of unbranched alkanes of at least 4 members (excludes halogenated alkanes) is 3. The lowest BCUT2D eigenvalue weighted by molar-refractivity contribution is 0.147. The Hall–Kier alpha value is -0.840. The molecule has 0 aliphatic heterocycles. The van der Waals surface area contributed by atoms with E-state index in [-0.39, 0.29) is 5.17 Å². The Morgan fingerprint density at radius 1 is 1.06 bits per heavy atom. The second-order valence-corrected chi connectivity index (χ2v) is 3.83. The molecule has 5 heteroatoms. The summed E-state index contributed by atoms with van der Waals surface area (Å²) < 4.78 is 10.0. The molecule has 0 saturated carbocycles. The van der Waals surface area contributed by atoms with Crippen LogP contribution >= 0.6 is 12.2 Å². The zero-order chi connectivity index (χ0) is 12.2. The van der Waals surface area contributed by atoms with Crippen LogP contribution in [0.3, 0.4) is 0 Å². The van der Waals surface area contributed by atoms with Crippen LogP contribution in [0.2, 0.25) is 0 Å². The molecule has 16 heavy (non-hydrogen) atoms. The van der Waals surface area contributed by atoms with Gasteiger partial charge < -0.3 is 9.47 Å². The summed E-state index contributed by atoms with van der Waals surface area (Å²) >= 11 is 4.82. The van der Waals surface area contributed by atoms with E-state index in [4.69, 9.17) is 21.7 Å². The smallest absolute Gasteiger partial charge is 0.414 e. The lowest BCUT2D eigenvalue weighted by Gasteiger charge is -2.08. The first kappa shape index (κ1) is 15.2. The van der Waals surface area contributed by atoms with Gasteiger partial charge in [-0.25, -0.2) is 4.79 Å². The van der Waals surface area contributed by atoms with Crippen molar-refractivity contribution >= 4 is 23.5 Å². The molecule has 94 valence electrons. The van der Waals surface area contributed by atoms with E-state index in [9.17, 15) is 4.79 Å². The summed E-state index contributed by atoms with van der Waals surface area (Å²) in [6.07, 6.45) is 4.49. The third-order valence-electron chi connectivity index (χ3n) is 1.92. The van der Waals surface area contributed by atoms with Crippen LogP contribution in [0.5, 0.6) is 0 Å². The van der Waals surface area contributed by atoms with Gasteiger partial charge in [0.05, 0.1) is 13.2 Å². The zero-order valence-corrected chi connectivity index (χ0v) is 10.9. The van der Waals surface area contributed by atoms with Crippen molar-refractivity contribution in [2.45, 2.75) is 46.0 Å². The van der Waals surface area contributed by atoms with Gasteiger partial charge in [0.1, 0.15) is 0 Å². The molecule has 0 aliphatic rings. The molecule has 0 heterocycles. The fourth-order valence-corrected chi connectivity index (χ4v) is 1.15. The predicted molar refractivity (Wildman–Crippen MR) is 67.5 cm³/mol. The number of rotatable bonds is 7. The van der Waals surface area contributed by atoms with E-state index in [0.29, 0.717) is 13.2 Å². The second-order valence-electron chi connectivity index (χ2n) is 3.46. The summed E-state index contributed by atoms with van der Waals surface area (Å²) in [5.74, 6) is 0. The Balaban J connectivity index is 3.43. The van der Waals surface area contributed by atoms with Crippen molar-refractivity contribution in [1.82, 2.24) is 5.32 Å². The molecule has 0 atom stereocenters. The largest absolute Gasteiger partial charge is 0.471 e. The van der Waals surface area contributed by atoms with Gasteiger partial charge in [-0.15, -0.1) is 0 Å². The van der Waals surface area contributed by atoms with Crippen LogP contribution in [0.1, 0.15) is 46.0 Å². The number of nitrogens with one attached hydrogen (secondary N) is 1. The van der Waals surface area contributed by atoms with Gasteiger partial charge in [-0.05, 0) is 25.1 Å². The van der Waals surface area contributed by atoms with E-state index in [1.54, 1.807) is 0 Å². The minimum absolute atomic E-state index is 0.0950. The van der Waals surface area contributed by atoms with E-state index >= 15 is 0 Å². The highest BCUT2D eigenvalue weighted by atomic mass is 32.1. The minimum Gasteiger partial charge on any atom is -0.471 e. The van der Waals surface area contributed by atoms with Crippen LogP contribution in [0, 0.1) is 0 Å². The van der Waals surface area contributed by atoms with Gasteiger partial charge in [0, 0.05) is 0 Å². The first-order valence-corrected chi connectivity index (χ1v) is 6.22. The summed E-state index contributed by atoms with van der Waals surface area (Å²) in [4.78, 5) is 11.1. The van der Waals surface area contributed by atoms with Gasteiger partial charge in [-0.3, -0.25) is 5.32 Å². The highest BCUT2D eigenvalue weighted by Gasteiger charge is 2.05. The maximum absolute atomic E-state index is 11.1. The summed E-state index contributed by atoms with van der Waals surface area (Å²) in [6, 6.07) is 0. The summed E-state index contributed by atoms with van der Waals surface area (Å²) in [7, 11) is 0. The van der Waals surface area contributed by atoms with Gasteiger partial charge in [0.2, 0.25) is 0 Å². The number of alkyl carbamates (subject to hydrolysis) is 1. The van der Waals surface area contributed by atoms with Crippen LogP contribution in [-0.2, 0) is 9.47 Å². The summed E-state index contributed by atoms with van der Waals surface area (Å²) in [5.41, 5.74) is 0. The van der Waals surface area contributed by atoms with Crippen molar-refractivity contribution in [3.8, 4) is 0 Å². The molecule has 0 radical (unpaired) electrons. The maximum Gasteiger partial charge on any atom is 0.414 e. The van der Waals surface area contributed by atoms with Crippen molar-refractivity contribution in [3.63, 3.8) is 0 Å². The van der Waals surface area contributed by atoms with Crippen LogP contribution in [-0.4, -0.2) is 24.5 Å². The molecule has 0 fully saturated rings. The lowest BCUT2D eigenvalue weighted by Crippen LogP contribution is -2.31. The molecule has 0 rings (SSSR count). The second kappa shape index (κ2) is 10.7. The number of hydrogen-bond acceptors (Lipinski definition) is 4. The quantitative estimate of drug-likeness (QED) is 0.555. The average Bonchev–Trinajstić information content (AvgIpc) is 2.25. The minimum atomic E-state index is -0.533. The normalized spacial score (nSPS) is 9.62. The first-order valence-electron chi connectivity index (χ1n) is 5.81. The predicted octanol–water partition coefficient (Wildman–Crippen LogP) is 3.00. The lowest BCUT2D eigenvalue weighted by atomic mass is 10.3. The van der Waals surface area contributed by atoms with Crippen molar-refractivity contribution in [2.75, 3.05) is 13.2 Å². The van der Waals surface area contributed by atoms with Crippen LogP contribution in [0.25, 0.3) is 0 Å². The summed E-state index contributed by atoms with van der Waals surface area (Å²) in [6.45, 7) is 5.10. The Morgan fingerprint density at radius 2 is 1.69 bits per heavy atom. The molecule has 1 amide bonds. The fourth-order valence-electron chi connectivity index (χ4n) is 0.982. The fraction of sp³-hybridized carbons (Fsp3) is 0.818. The SMILES string of the molecule is CCCCCOC(=S)NC(=O)OCCCC. The molecular formula is C11H21NO3S. The van der Waals surface area contributed by atoms with Gasteiger partial charge in [-0.2, -0.15) is 0 Å². The van der Waals surface area contributed by atoms with Crippen molar-refractivity contribution in [2.24, 2.45) is 0 Å². The molecule has 0 bridgehead atoms. The molecule has 0 aromatic heterocycles. The van der Waals surface area contributed by atoms with Crippen LogP contribution in [0.4, 0.5) is 4.79 Å². The highest BCUT2D eigenvalue weighted by molar-refractivity contribution is 7.80. The Bertz CT molecular complexity index is 209. The Morgan fingerprint density at radius 3 is 2.31 bits per heavy atom. The topological polar surface area (TPSA) is 47.6 Å². The standard InChI is InChI=1S/C11H21NO3S/c1-3-5-7-9-15-11(16)12-10(13)14-8-6-4-2/h3-9H2,1-2H3,(H,12,13,16). The number of carbonyl (C=O) groups is 1. The van der Waals surface area contributed by atoms with Gasteiger partial charge in [0.25, 0.3) is 5.17 Å². The number of thiocarbonyl (C=S) groups is 1. The molecule has 0 saturated heterocycles. The first-order chi connectivity index (χ1) is 7.70. The van der Waals surface area contributed by atoms with E-state index in [1.165, 1.54) is 0 Å². The third-order valence-corrected chi connectivity index (χ3v) is 2.14. The Kier molecular flexibility index (Phi) is 10.1. The number of ether oxygens (including phenoxy) is 2. The molecular weight excluding hydrogens is 226 g/mol. The van der Waals surface area contributed by atoms with Crippen molar-refractivity contribution in [3.05, 3.63) is 0 Å². The zero-order valence-electron chi connectivity index (χ0n) is 10.1. The number of carbonyl (C=O) groups excluding carboxylic acids is 1. The summed E-state index contributed by atoms with van der Waals surface area (Å²) in [5, 5.41) is 2.46. The Labute approximate surface area is 103 Å².